The molecular formula is C30H24ClNO4. The largest absolute Gasteiger partial charge is 0.487 e. The van der Waals surface area contributed by atoms with Gasteiger partial charge in [0.25, 0.3) is 0 Å². The zero-order valence-electron chi connectivity index (χ0n) is 19.7. The van der Waals surface area contributed by atoms with Crippen LogP contribution in [0.15, 0.2) is 100 Å². The minimum atomic E-state index is -0.293. The van der Waals surface area contributed by atoms with Gasteiger partial charge in [0.05, 0.1) is 16.1 Å². The lowest BCUT2D eigenvalue weighted by Crippen LogP contribution is -2.11. The van der Waals surface area contributed by atoms with E-state index in [9.17, 15) is 4.79 Å². The van der Waals surface area contributed by atoms with E-state index in [0.29, 0.717) is 39.6 Å². The van der Waals surface area contributed by atoms with Crippen molar-refractivity contribution in [3.05, 3.63) is 123 Å². The molecule has 0 aliphatic carbocycles. The minimum Gasteiger partial charge on any atom is -0.487 e. The van der Waals surface area contributed by atoms with Gasteiger partial charge >= 0.3 is 0 Å². The van der Waals surface area contributed by atoms with E-state index in [0.717, 1.165) is 16.7 Å². The molecule has 0 atom stereocenters. The molecule has 1 aromatic heterocycles. The van der Waals surface area contributed by atoms with Crippen molar-refractivity contribution in [3.8, 4) is 22.8 Å². The molecule has 0 radical (unpaired) electrons. The average Bonchev–Trinajstić information content (AvgIpc) is 2.89. The van der Waals surface area contributed by atoms with Crippen LogP contribution in [0.4, 0.5) is 5.69 Å². The second-order valence-corrected chi connectivity index (χ2v) is 8.92. The van der Waals surface area contributed by atoms with Crippen molar-refractivity contribution in [2.75, 3.05) is 5.73 Å². The summed E-state index contributed by atoms with van der Waals surface area (Å²) in [6.07, 6.45) is 0. The van der Waals surface area contributed by atoms with Gasteiger partial charge in [-0.25, -0.2) is 0 Å². The smallest absolute Gasteiger partial charge is 0.235 e. The first-order valence-electron chi connectivity index (χ1n) is 11.5. The molecule has 2 N–H and O–H groups in total. The van der Waals surface area contributed by atoms with Gasteiger partial charge in [-0.05, 0) is 53.9 Å². The molecule has 4 aromatic carbocycles. The van der Waals surface area contributed by atoms with Crippen molar-refractivity contribution in [1.82, 2.24) is 0 Å². The summed E-state index contributed by atoms with van der Waals surface area (Å²) in [5.74, 6) is 0.884. The van der Waals surface area contributed by atoms with E-state index in [1.54, 1.807) is 30.3 Å². The lowest BCUT2D eigenvalue weighted by Gasteiger charge is -2.14. The first-order chi connectivity index (χ1) is 17.5. The highest BCUT2D eigenvalue weighted by molar-refractivity contribution is 6.32. The van der Waals surface area contributed by atoms with Gasteiger partial charge < -0.3 is 19.6 Å². The average molecular weight is 498 g/mol. The predicted octanol–water partition coefficient (Wildman–Crippen LogP) is 7.16. The Balaban J connectivity index is 1.55. The molecule has 6 heteroatoms. The van der Waals surface area contributed by atoms with Crippen LogP contribution in [0.3, 0.4) is 0 Å². The summed E-state index contributed by atoms with van der Waals surface area (Å²) in [6.45, 7) is 2.46. The number of nitrogen functional groups attached to an aromatic ring is 1. The van der Waals surface area contributed by atoms with E-state index in [1.165, 1.54) is 0 Å². The maximum atomic E-state index is 13.6. The Hall–Kier alpha value is -4.22. The lowest BCUT2D eigenvalue weighted by molar-refractivity contribution is 0.297. The normalized spacial score (nSPS) is 10.9. The molecular weight excluding hydrogens is 474 g/mol. The van der Waals surface area contributed by atoms with Crippen LogP contribution in [0.1, 0.15) is 16.7 Å². The summed E-state index contributed by atoms with van der Waals surface area (Å²) < 4.78 is 18.2. The molecule has 5 nitrogen and oxygen atoms in total. The monoisotopic (exact) mass is 497 g/mol. The van der Waals surface area contributed by atoms with E-state index < -0.39 is 0 Å². The summed E-state index contributed by atoms with van der Waals surface area (Å²) >= 11 is 6.57. The number of anilines is 1. The number of nitrogens with two attached hydrogens (primary N) is 1. The topological polar surface area (TPSA) is 74.7 Å². The van der Waals surface area contributed by atoms with Crippen LogP contribution in [0, 0.1) is 6.92 Å². The van der Waals surface area contributed by atoms with Crippen LogP contribution in [0.25, 0.3) is 22.3 Å². The summed E-state index contributed by atoms with van der Waals surface area (Å²) in [5.41, 5.74) is 10.0. The molecule has 0 fully saturated rings. The summed E-state index contributed by atoms with van der Waals surface area (Å²) in [6, 6.07) is 28.2. The number of hydrogen-bond acceptors (Lipinski definition) is 5. The maximum Gasteiger partial charge on any atom is 0.235 e. The molecule has 1 heterocycles. The van der Waals surface area contributed by atoms with Gasteiger partial charge in [0.2, 0.25) is 11.2 Å². The third kappa shape index (κ3) is 4.92. The van der Waals surface area contributed by atoms with Crippen molar-refractivity contribution >= 4 is 28.3 Å². The van der Waals surface area contributed by atoms with Crippen LogP contribution < -0.4 is 20.6 Å². The van der Waals surface area contributed by atoms with Gasteiger partial charge in [-0.15, -0.1) is 0 Å². The van der Waals surface area contributed by atoms with Gasteiger partial charge in [-0.2, -0.15) is 0 Å². The minimum absolute atomic E-state index is 0.102. The van der Waals surface area contributed by atoms with Crippen LogP contribution in [-0.2, 0) is 13.2 Å². The van der Waals surface area contributed by atoms with Gasteiger partial charge in [-0.1, -0.05) is 72.3 Å². The third-order valence-electron chi connectivity index (χ3n) is 5.78. The predicted molar refractivity (Wildman–Crippen MR) is 144 cm³/mol. The standard InChI is InChI=1S/C30H24ClNO4/c1-19-14-23-27(33)30(35-18-21-10-6-3-7-11-21)28(36-29(23)25(32)15-19)22-12-13-26(24(31)16-22)34-17-20-8-4-2-5-9-20/h2-16H,17-18,32H2,1H3. The number of hydrogen-bond donors (Lipinski definition) is 1. The molecule has 0 spiro atoms. The van der Waals surface area contributed by atoms with Crippen LogP contribution in [0.5, 0.6) is 11.5 Å². The second-order valence-electron chi connectivity index (χ2n) is 8.51. The van der Waals surface area contributed by atoms with Crippen molar-refractivity contribution < 1.29 is 13.9 Å². The number of benzene rings is 4. The molecule has 0 bridgehead atoms. The lowest BCUT2D eigenvalue weighted by atomic mass is 10.1. The molecule has 5 rings (SSSR count). The Morgan fingerprint density at radius 3 is 2.11 bits per heavy atom. The Labute approximate surface area is 213 Å². The fourth-order valence-electron chi connectivity index (χ4n) is 4.00. The SMILES string of the molecule is Cc1cc(N)c2oc(-c3ccc(OCc4ccccc4)c(Cl)c3)c(OCc3ccccc3)c(=O)c2c1. The highest BCUT2D eigenvalue weighted by Crippen LogP contribution is 2.37. The van der Waals surface area contributed by atoms with E-state index >= 15 is 0 Å². The number of ether oxygens (including phenoxy) is 2. The van der Waals surface area contributed by atoms with E-state index in [1.807, 2.05) is 67.6 Å². The van der Waals surface area contributed by atoms with Gasteiger partial charge in [0.15, 0.2) is 11.3 Å². The number of fused-ring (bicyclic) bond motifs is 1. The first-order valence-corrected chi connectivity index (χ1v) is 11.9. The number of aryl methyl sites for hydroxylation is 1. The molecule has 0 amide bonds. The molecule has 0 aliphatic rings. The Bertz CT molecular complexity index is 1580. The molecule has 0 saturated heterocycles. The summed E-state index contributed by atoms with van der Waals surface area (Å²) in [7, 11) is 0. The molecule has 5 aromatic rings. The maximum absolute atomic E-state index is 13.6. The van der Waals surface area contributed by atoms with E-state index in [-0.39, 0.29) is 23.5 Å². The second kappa shape index (κ2) is 10.2. The van der Waals surface area contributed by atoms with E-state index in [2.05, 4.69) is 0 Å². The third-order valence-corrected chi connectivity index (χ3v) is 6.08. The fraction of sp³-hybridized carbons (Fsp3) is 0.100. The Morgan fingerprint density at radius 2 is 1.47 bits per heavy atom. The van der Waals surface area contributed by atoms with Crippen LogP contribution in [0.2, 0.25) is 5.02 Å². The zero-order chi connectivity index (χ0) is 25.1. The molecule has 0 unspecified atom stereocenters. The molecule has 180 valence electrons. The fourth-order valence-corrected chi connectivity index (χ4v) is 4.24. The number of halogens is 1. The van der Waals surface area contributed by atoms with Gasteiger partial charge in [-0.3, -0.25) is 4.79 Å². The summed E-state index contributed by atoms with van der Waals surface area (Å²) in [5, 5.41) is 0.755. The Morgan fingerprint density at radius 1 is 0.833 bits per heavy atom. The first kappa shape index (κ1) is 23.5. The molecule has 0 aliphatic heterocycles. The number of rotatable bonds is 7. The van der Waals surface area contributed by atoms with Crippen molar-refractivity contribution in [3.63, 3.8) is 0 Å². The molecule has 36 heavy (non-hydrogen) atoms. The molecule has 0 saturated carbocycles. The van der Waals surface area contributed by atoms with Crippen LogP contribution >= 0.6 is 11.6 Å². The quantitative estimate of drug-likeness (QED) is 0.241. The highest BCUT2D eigenvalue weighted by atomic mass is 35.5. The summed E-state index contributed by atoms with van der Waals surface area (Å²) in [4.78, 5) is 13.6. The highest BCUT2D eigenvalue weighted by Gasteiger charge is 2.20. The van der Waals surface area contributed by atoms with Crippen molar-refractivity contribution in [2.24, 2.45) is 0 Å². The van der Waals surface area contributed by atoms with Crippen molar-refractivity contribution in [1.29, 1.82) is 0 Å². The van der Waals surface area contributed by atoms with Gasteiger partial charge in [0, 0.05) is 5.56 Å². The van der Waals surface area contributed by atoms with Crippen LogP contribution in [-0.4, -0.2) is 0 Å². The zero-order valence-corrected chi connectivity index (χ0v) is 20.4. The van der Waals surface area contributed by atoms with Crippen molar-refractivity contribution in [2.45, 2.75) is 20.1 Å². The Kier molecular flexibility index (Phi) is 6.65. The van der Waals surface area contributed by atoms with E-state index in [4.69, 9.17) is 31.2 Å². The van der Waals surface area contributed by atoms with Gasteiger partial charge in [0.1, 0.15) is 19.0 Å².